The van der Waals surface area contributed by atoms with Gasteiger partial charge in [-0.2, -0.15) is 0 Å². The molecule has 0 aliphatic carbocycles. The summed E-state index contributed by atoms with van der Waals surface area (Å²) in [6.07, 6.45) is 1.86. The zero-order valence-electron chi connectivity index (χ0n) is 16.9. The first-order valence-electron chi connectivity index (χ1n) is 10.1. The Labute approximate surface area is 171 Å². The topological polar surface area (TPSA) is 58.1 Å². The van der Waals surface area contributed by atoms with Crippen molar-refractivity contribution in [3.8, 4) is 11.3 Å². The third kappa shape index (κ3) is 4.45. The normalized spacial score (nSPS) is 16.5. The number of carbonyl (C=O) groups excluding carboxylic acids is 1. The minimum Gasteiger partial charge on any atom is -0.354 e. The Morgan fingerprint density at radius 3 is 2.55 bits per heavy atom. The van der Waals surface area contributed by atoms with Gasteiger partial charge in [0.25, 0.3) is 0 Å². The molecule has 0 radical (unpaired) electrons. The summed E-state index contributed by atoms with van der Waals surface area (Å²) < 4.78 is 0. The van der Waals surface area contributed by atoms with Gasteiger partial charge in [0, 0.05) is 24.3 Å². The van der Waals surface area contributed by atoms with E-state index in [9.17, 15) is 4.79 Å². The van der Waals surface area contributed by atoms with Crippen LogP contribution in [-0.4, -0.2) is 29.2 Å². The summed E-state index contributed by atoms with van der Waals surface area (Å²) in [6, 6.07) is 20.1. The maximum atomic E-state index is 12.8. The average molecular weight is 386 g/mol. The van der Waals surface area contributed by atoms with E-state index in [-0.39, 0.29) is 11.8 Å². The molecule has 1 aliphatic rings. The summed E-state index contributed by atoms with van der Waals surface area (Å²) in [6.45, 7) is 5.69. The molecule has 1 amide bonds. The van der Waals surface area contributed by atoms with Crippen molar-refractivity contribution in [2.24, 2.45) is 5.92 Å². The molecule has 1 N–H and O–H groups in total. The van der Waals surface area contributed by atoms with Crippen LogP contribution in [0.5, 0.6) is 0 Å². The highest BCUT2D eigenvalue weighted by Crippen LogP contribution is 2.24. The standard InChI is InChI=1S/C24H26N4O/c1-17-10-11-21(15-18(17)2)25-24(29)20-9-6-14-28(16-20)23-13-12-22(26-27-23)19-7-4-3-5-8-19/h3-5,7-8,10-13,15,20H,6,9,14,16H2,1-2H3,(H,25,29). The number of rotatable bonds is 4. The second kappa shape index (κ2) is 8.43. The second-order valence-electron chi connectivity index (χ2n) is 7.72. The predicted octanol–water partition coefficient (Wildman–Crippen LogP) is 4.62. The Balaban J connectivity index is 1.42. The molecule has 5 nitrogen and oxygen atoms in total. The van der Waals surface area contributed by atoms with E-state index in [0.29, 0.717) is 6.54 Å². The summed E-state index contributed by atoms with van der Waals surface area (Å²) in [4.78, 5) is 15.0. The maximum Gasteiger partial charge on any atom is 0.229 e. The Hall–Kier alpha value is -3.21. The van der Waals surface area contributed by atoms with E-state index < -0.39 is 0 Å². The Morgan fingerprint density at radius 1 is 1.00 bits per heavy atom. The van der Waals surface area contributed by atoms with Crippen molar-refractivity contribution in [3.05, 3.63) is 71.8 Å². The van der Waals surface area contributed by atoms with E-state index in [1.807, 2.05) is 60.7 Å². The van der Waals surface area contributed by atoms with Crippen molar-refractivity contribution in [3.63, 3.8) is 0 Å². The third-order valence-electron chi connectivity index (χ3n) is 5.61. The van der Waals surface area contributed by atoms with E-state index >= 15 is 0 Å². The van der Waals surface area contributed by atoms with E-state index in [2.05, 4.69) is 34.3 Å². The molecular weight excluding hydrogens is 360 g/mol. The number of piperidine rings is 1. The van der Waals surface area contributed by atoms with Gasteiger partial charge in [-0.1, -0.05) is 36.4 Å². The molecule has 5 heteroatoms. The van der Waals surface area contributed by atoms with Gasteiger partial charge in [0.15, 0.2) is 5.82 Å². The van der Waals surface area contributed by atoms with Crippen LogP contribution in [0.15, 0.2) is 60.7 Å². The molecule has 29 heavy (non-hydrogen) atoms. The number of hydrogen-bond donors (Lipinski definition) is 1. The predicted molar refractivity (Wildman–Crippen MR) is 117 cm³/mol. The number of benzene rings is 2. The lowest BCUT2D eigenvalue weighted by Crippen LogP contribution is -2.41. The molecule has 1 saturated heterocycles. The molecule has 148 valence electrons. The van der Waals surface area contributed by atoms with Gasteiger partial charge in [0.05, 0.1) is 11.6 Å². The summed E-state index contributed by atoms with van der Waals surface area (Å²) in [7, 11) is 0. The SMILES string of the molecule is Cc1ccc(NC(=O)C2CCCN(c3ccc(-c4ccccc4)nn3)C2)cc1C. The van der Waals surface area contributed by atoms with Gasteiger partial charge in [-0.3, -0.25) is 4.79 Å². The van der Waals surface area contributed by atoms with Crippen molar-refractivity contribution >= 4 is 17.4 Å². The fourth-order valence-electron chi connectivity index (χ4n) is 3.72. The number of amides is 1. The zero-order chi connectivity index (χ0) is 20.2. The molecule has 1 unspecified atom stereocenters. The molecule has 2 aromatic carbocycles. The molecule has 1 atom stereocenters. The minimum absolute atomic E-state index is 0.0547. The number of anilines is 2. The van der Waals surface area contributed by atoms with E-state index in [4.69, 9.17) is 0 Å². The second-order valence-corrected chi connectivity index (χ2v) is 7.72. The summed E-state index contributed by atoms with van der Waals surface area (Å²) in [5, 5.41) is 11.9. The molecule has 4 rings (SSSR count). The van der Waals surface area contributed by atoms with E-state index in [0.717, 1.165) is 42.1 Å². The van der Waals surface area contributed by atoms with E-state index in [1.54, 1.807) is 0 Å². The third-order valence-corrected chi connectivity index (χ3v) is 5.61. The van der Waals surface area contributed by atoms with Gasteiger partial charge in [-0.15, -0.1) is 10.2 Å². The Bertz CT molecular complexity index is 986. The van der Waals surface area contributed by atoms with Gasteiger partial charge in [0.1, 0.15) is 0 Å². The molecule has 2 heterocycles. The van der Waals surface area contributed by atoms with Crippen molar-refractivity contribution < 1.29 is 4.79 Å². The minimum atomic E-state index is -0.0547. The number of hydrogen-bond acceptors (Lipinski definition) is 4. The molecule has 0 spiro atoms. The van der Waals surface area contributed by atoms with Crippen LogP contribution in [0.3, 0.4) is 0 Å². The molecule has 1 aromatic heterocycles. The van der Waals surface area contributed by atoms with E-state index in [1.165, 1.54) is 11.1 Å². The quantitative estimate of drug-likeness (QED) is 0.711. The van der Waals surface area contributed by atoms with Crippen LogP contribution in [0.25, 0.3) is 11.3 Å². The largest absolute Gasteiger partial charge is 0.354 e. The lowest BCUT2D eigenvalue weighted by atomic mass is 9.97. The first kappa shape index (κ1) is 19.1. The fraction of sp³-hybridized carbons (Fsp3) is 0.292. The monoisotopic (exact) mass is 386 g/mol. The molecular formula is C24H26N4O. The molecule has 0 saturated carbocycles. The highest BCUT2D eigenvalue weighted by Gasteiger charge is 2.27. The van der Waals surface area contributed by atoms with Crippen LogP contribution >= 0.6 is 0 Å². The van der Waals surface area contributed by atoms with Crippen LogP contribution in [0.4, 0.5) is 11.5 Å². The maximum absolute atomic E-state index is 12.8. The van der Waals surface area contributed by atoms with Gasteiger partial charge in [-0.05, 0) is 62.1 Å². The fourth-order valence-corrected chi connectivity index (χ4v) is 3.72. The number of nitrogens with zero attached hydrogens (tertiary/aromatic N) is 3. The highest BCUT2D eigenvalue weighted by molar-refractivity contribution is 5.93. The smallest absolute Gasteiger partial charge is 0.229 e. The van der Waals surface area contributed by atoms with Crippen LogP contribution < -0.4 is 10.2 Å². The average Bonchev–Trinajstić information content (AvgIpc) is 2.77. The number of carbonyl (C=O) groups is 1. The van der Waals surface area contributed by atoms with Gasteiger partial charge in [-0.25, -0.2) is 0 Å². The molecule has 3 aromatic rings. The summed E-state index contributed by atoms with van der Waals surface area (Å²) in [5.41, 5.74) is 5.18. The molecule has 0 bridgehead atoms. The Kier molecular flexibility index (Phi) is 5.56. The Morgan fingerprint density at radius 2 is 1.83 bits per heavy atom. The van der Waals surface area contributed by atoms with Crippen molar-refractivity contribution in [2.75, 3.05) is 23.3 Å². The first-order valence-corrected chi connectivity index (χ1v) is 10.1. The molecule has 1 aliphatic heterocycles. The summed E-state index contributed by atoms with van der Waals surface area (Å²) >= 11 is 0. The van der Waals surface area contributed by atoms with Crippen molar-refractivity contribution in [1.82, 2.24) is 10.2 Å². The first-order chi connectivity index (χ1) is 14.1. The lowest BCUT2D eigenvalue weighted by molar-refractivity contribution is -0.120. The van der Waals surface area contributed by atoms with Crippen molar-refractivity contribution in [2.45, 2.75) is 26.7 Å². The number of aryl methyl sites for hydroxylation is 2. The van der Waals surface area contributed by atoms with Gasteiger partial charge >= 0.3 is 0 Å². The van der Waals surface area contributed by atoms with Gasteiger partial charge < -0.3 is 10.2 Å². The van der Waals surface area contributed by atoms with Crippen molar-refractivity contribution in [1.29, 1.82) is 0 Å². The lowest BCUT2D eigenvalue weighted by Gasteiger charge is -2.32. The summed E-state index contributed by atoms with van der Waals surface area (Å²) in [5.74, 6) is 0.848. The van der Waals surface area contributed by atoms with Crippen LogP contribution in [-0.2, 0) is 4.79 Å². The van der Waals surface area contributed by atoms with Gasteiger partial charge in [0.2, 0.25) is 5.91 Å². The van der Waals surface area contributed by atoms with Crippen LogP contribution in [0.1, 0.15) is 24.0 Å². The number of nitrogens with one attached hydrogen (secondary N) is 1. The van der Waals surface area contributed by atoms with Crippen LogP contribution in [0, 0.1) is 19.8 Å². The van der Waals surface area contributed by atoms with Crippen LogP contribution in [0.2, 0.25) is 0 Å². The highest BCUT2D eigenvalue weighted by atomic mass is 16.1. The molecule has 1 fully saturated rings. The number of aromatic nitrogens is 2. The zero-order valence-corrected chi connectivity index (χ0v) is 16.9.